The molecule has 2 heterocycles. The molecule has 8 nitrogen and oxygen atoms in total. The van der Waals surface area contributed by atoms with Crippen LogP contribution in [-0.2, 0) is 23.4 Å². The van der Waals surface area contributed by atoms with E-state index in [-0.39, 0.29) is 18.1 Å². The molecule has 1 fully saturated rings. The maximum Gasteiger partial charge on any atom is 0.329 e. The number of benzene rings is 1. The monoisotopic (exact) mass is 383 g/mol. The van der Waals surface area contributed by atoms with Crippen LogP contribution in [-0.4, -0.2) is 25.2 Å². The zero-order valence-corrected chi connectivity index (χ0v) is 16.3. The molecule has 148 valence electrons. The molecule has 0 saturated heterocycles. The van der Waals surface area contributed by atoms with Crippen molar-refractivity contribution in [3.05, 3.63) is 46.5 Å². The van der Waals surface area contributed by atoms with Gasteiger partial charge in [0.05, 0.1) is 11.0 Å². The molecule has 1 N–H and O–H groups in total. The summed E-state index contributed by atoms with van der Waals surface area (Å²) in [5.41, 5.74) is 0.854. The zero-order valence-electron chi connectivity index (χ0n) is 16.3. The maximum absolute atomic E-state index is 13.0. The summed E-state index contributed by atoms with van der Waals surface area (Å²) in [4.78, 5) is 30.2. The van der Waals surface area contributed by atoms with Crippen molar-refractivity contribution in [3.8, 4) is 0 Å². The molecule has 4 rings (SSSR count). The van der Waals surface area contributed by atoms with Crippen molar-refractivity contribution in [2.75, 3.05) is 0 Å². The van der Waals surface area contributed by atoms with E-state index in [2.05, 4.69) is 15.5 Å². The largest absolute Gasteiger partial charge is 0.342 e. The Kier molecular flexibility index (Phi) is 4.78. The van der Waals surface area contributed by atoms with Gasteiger partial charge in [-0.15, -0.1) is 0 Å². The Bertz CT molecular complexity index is 1060. The van der Waals surface area contributed by atoms with Gasteiger partial charge in [0.1, 0.15) is 12.1 Å². The van der Waals surface area contributed by atoms with Gasteiger partial charge in [-0.3, -0.25) is 13.9 Å². The molecule has 0 radical (unpaired) electrons. The van der Waals surface area contributed by atoms with Crippen molar-refractivity contribution >= 4 is 16.9 Å². The molecule has 0 unspecified atom stereocenters. The van der Waals surface area contributed by atoms with Crippen LogP contribution in [0.15, 0.2) is 33.6 Å². The predicted molar refractivity (Wildman–Crippen MR) is 104 cm³/mol. The lowest BCUT2D eigenvalue weighted by molar-refractivity contribution is -0.123. The predicted octanol–water partition coefficient (Wildman–Crippen LogP) is 2.49. The molecule has 3 aromatic rings. The number of nitrogens with one attached hydrogen (secondary N) is 1. The molecule has 0 atom stereocenters. The Balaban J connectivity index is 1.64. The van der Waals surface area contributed by atoms with Crippen molar-refractivity contribution in [1.82, 2.24) is 24.6 Å². The Morgan fingerprint density at radius 1 is 1.21 bits per heavy atom. The van der Waals surface area contributed by atoms with Gasteiger partial charge >= 0.3 is 5.69 Å². The number of fused-ring (bicyclic) bond motifs is 1. The van der Waals surface area contributed by atoms with Crippen LogP contribution >= 0.6 is 0 Å². The molecule has 1 aliphatic rings. The van der Waals surface area contributed by atoms with Crippen molar-refractivity contribution in [3.63, 3.8) is 0 Å². The molecule has 2 aromatic heterocycles. The van der Waals surface area contributed by atoms with Gasteiger partial charge < -0.3 is 9.84 Å². The lowest BCUT2D eigenvalue weighted by atomic mass is 9.96. The summed E-state index contributed by atoms with van der Waals surface area (Å²) in [6.45, 7) is 4.36. The molecule has 0 bridgehead atoms. The third-order valence-electron chi connectivity index (χ3n) is 5.47. The number of aromatic nitrogens is 4. The SMILES string of the molecule is CCCn1c(=O)n(CC(=O)NC2(c3noc(C)n3)CCCC2)c2ccccc21. The van der Waals surface area contributed by atoms with Gasteiger partial charge in [-0.1, -0.05) is 37.1 Å². The van der Waals surface area contributed by atoms with E-state index in [1.54, 1.807) is 16.1 Å². The van der Waals surface area contributed by atoms with Crippen molar-refractivity contribution in [2.24, 2.45) is 0 Å². The fourth-order valence-corrected chi connectivity index (χ4v) is 4.19. The first-order valence-corrected chi connectivity index (χ1v) is 9.84. The molecule has 8 heteroatoms. The molecule has 1 aliphatic carbocycles. The zero-order chi connectivity index (χ0) is 19.7. The van der Waals surface area contributed by atoms with Gasteiger partial charge in [-0.05, 0) is 31.4 Å². The molecule has 0 aliphatic heterocycles. The Morgan fingerprint density at radius 3 is 2.50 bits per heavy atom. The summed E-state index contributed by atoms with van der Waals surface area (Å²) in [5.74, 6) is 0.789. The van der Waals surface area contributed by atoms with Crippen LogP contribution in [0.2, 0.25) is 0 Å². The molecule has 28 heavy (non-hydrogen) atoms. The second-order valence-corrected chi connectivity index (χ2v) is 7.48. The summed E-state index contributed by atoms with van der Waals surface area (Å²) in [6, 6.07) is 7.59. The van der Waals surface area contributed by atoms with E-state index in [4.69, 9.17) is 4.52 Å². The average molecular weight is 383 g/mol. The summed E-state index contributed by atoms with van der Waals surface area (Å²) < 4.78 is 8.42. The van der Waals surface area contributed by atoms with Crippen LogP contribution in [0.4, 0.5) is 0 Å². The van der Waals surface area contributed by atoms with E-state index < -0.39 is 5.54 Å². The van der Waals surface area contributed by atoms with Gasteiger partial charge in [0, 0.05) is 13.5 Å². The van der Waals surface area contributed by atoms with Crippen LogP contribution in [0.1, 0.15) is 50.7 Å². The molecule has 0 spiro atoms. The number of imidazole rings is 1. The normalized spacial score (nSPS) is 15.9. The molecular weight excluding hydrogens is 358 g/mol. The Labute approximate surface area is 162 Å². The first-order valence-electron chi connectivity index (χ1n) is 9.84. The van der Waals surface area contributed by atoms with Crippen molar-refractivity contribution in [2.45, 2.75) is 64.6 Å². The number of rotatable bonds is 6. The van der Waals surface area contributed by atoms with Crippen molar-refractivity contribution in [1.29, 1.82) is 0 Å². The highest BCUT2D eigenvalue weighted by atomic mass is 16.5. The Morgan fingerprint density at radius 2 is 1.89 bits per heavy atom. The highest BCUT2D eigenvalue weighted by Crippen LogP contribution is 2.37. The summed E-state index contributed by atoms with van der Waals surface area (Å²) in [6.07, 6.45) is 4.36. The summed E-state index contributed by atoms with van der Waals surface area (Å²) >= 11 is 0. The highest BCUT2D eigenvalue weighted by molar-refractivity contribution is 5.81. The number of para-hydroxylation sites is 2. The van der Waals surface area contributed by atoms with E-state index in [9.17, 15) is 9.59 Å². The lowest BCUT2D eigenvalue weighted by Crippen LogP contribution is -2.46. The van der Waals surface area contributed by atoms with Crippen LogP contribution in [0.3, 0.4) is 0 Å². The van der Waals surface area contributed by atoms with Gasteiger partial charge in [0.15, 0.2) is 5.82 Å². The smallest absolute Gasteiger partial charge is 0.329 e. The number of carbonyl (C=O) groups excluding carboxylic acids is 1. The maximum atomic E-state index is 13.0. The second kappa shape index (κ2) is 7.26. The van der Waals surface area contributed by atoms with Crippen molar-refractivity contribution < 1.29 is 9.32 Å². The van der Waals surface area contributed by atoms with Crippen LogP contribution < -0.4 is 11.0 Å². The van der Waals surface area contributed by atoms with E-state index in [1.165, 1.54) is 0 Å². The van der Waals surface area contributed by atoms with E-state index >= 15 is 0 Å². The number of hydrogen-bond donors (Lipinski definition) is 1. The number of aryl methyl sites for hydroxylation is 2. The highest BCUT2D eigenvalue weighted by Gasteiger charge is 2.41. The first kappa shape index (κ1) is 18.5. The number of nitrogens with zero attached hydrogens (tertiary/aromatic N) is 4. The number of amides is 1. The van der Waals surface area contributed by atoms with Gasteiger partial charge in [0.2, 0.25) is 11.8 Å². The Hall–Kier alpha value is -2.90. The van der Waals surface area contributed by atoms with Crippen LogP contribution in [0.5, 0.6) is 0 Å². The minimum atomic E-state index is -0.611. The third kappa shape index (κ3) is 3.12. The van der Waals surface area contributed by atoms with E-state index in [0.29, 0.717) is 18.3 Å². The van der Waals surface area contributed by atoms with Gasteiger partial charge in [-0.25, -0.2) is 4.79 Å². The van der Waals surface area contributed by atoms with Crippen LogP contribution in [0.25, 0.3) is 11.0 Å². The first-order chi connectivity index (χ1) is 13.5. The quantitative estimate of drug-likeness (QED) is 0.706. The molecule has 1 amide bonds. The summed E-state index contributed by atoms with van der Waals surface area (Å²) in [5, 5.41) is 7.16. The molecule has 1 aromatic carbocycles. The van der Waals surface area contributed by atoms with Crippen LogP contribution in [0, 0.1) is 6.92 Å². The van der Waals surface area contributed by atoms with E-state index in [1.807, 2.05) is 31.2 Å². The third-order valence-corrected chi connectivity index (χ3v) is 5.47. The number of hydrogen-bond acceptors (Lipinski definition) is 5. The van der Waals surface area contributed by atoms with E-state index in [0.717, 1.165) is 43.1 Å². The minimum absolute atomic E-state index is 0.0331. The lowest BCUT2D eigenvalue weighted by Gasteiger charge is -2.26. The topological polar surface area (TPSA) is 95.0 Å². The molecule has 1 saturated carbocycles. The minimum Gasteiger partial charge on any atom is -0.342 e. The molecular formula is C20H25N5O3. The standard InChI is InChI=1S/C20H25N5O3/c1-3-12-24-15-8-4-5-9-16(15)25(19(24)27)13-17(26)22-20(10-6-7-11-20)18-21-14(2)28-23-18/h4-5,8-9H,3,6-7,10-13H2,1-2H3,(H,22,26). The summed E-state index contributed by atoms with van der Waals surface area (Å²) in [7, 11) is 0. The fourth-order valence-electron chi connectivity index (χ4n) is 4.19. The fraction of sp³-hybridized carbons (Fsp3) is 0.500. The van der Waals surface area contributed by atoms with Gasteiger partial charge in [-0.2, -0.15) is 4.98 Å². The average Bonchev–Trinajstić information content (AvgIpc) is 3.38. The van der Waals surface area contributed by atoms with Gasteiger partial charge in [0.25, 0.3) is 0 Å². The second-order valence-electron chi connectivity index (χ2n) is 7.48. The number of carbonyl (C=O) groups is 1.